The molecule has 3 aromatic rings. The number of hydrogen-bond donors (Lipinski definition) is 2. The van der Waals surface area contributed by atoms with Gasteiger partial charge >= 0.3 is 5.69 Å². The minimum atomic E-state index is -0.286. The molecule has 0 aliphatic carbocycles. The molecule has 7 heteroatoms. The van der Waals surface area contributed by atoms with E-state index in [0.29, 0.717) is 25.9 Å². The summed E-state index contributed by atoms with van der Waals surface area (Å²) in [6.07, 6.45) is 0. The average molecular weight is 416 g/mol. The van der Waals surface area contributed by atoms with Crippen molar-refractivity contribution in [1.29, 1.82) is 0 Å². The zero-order chi connectivity index (χ0) is 14.4. The predicted octanol–water partition coefficient (Wildman–Crippen LogP) is 3.98. The Hall–Kier alpha value is -1.18. The minimum absolute atomic E-state index is 0.0698. The maximum absolute atomic E-state index is 12.5. The van der Waals surface area contributed by atoms with Crippen molar-refractivity contribution in [3.05, 3.63) is 52.9 Å². The fraction of sp³-hybridized carbons (Fsp3) is 0.0769. The van der Waals surface area contributed by atoms with E-state index in [1.165, 1.54) is 11.3 Å². The first kappa shape index (κ1) is 13.8. The molecule has 20 heavy (non-hydrogen) atoms. The van der Waals surface area contributed by atoms with Crippen molar-refractivity contribution in [1.82, 2.24) is 9.97 Å². The van der Waals surface area contributed by atoms with E-state index < -0.39 is 0 Å². The summed E-state index contributed by atoms with van der Waals surface area (Å²) in [6.45, 7) is 1.94. The lowest BCUT2D eigenvalue weighted by atomic mass is 10.1. The van der Waals surface area contributed by atoms with Gasteiger partial charge in [0, 0.05) is 10.0 Å². The largest absolute Gasteiger partial charge is 0.323 e. The number of halogens is 2. The van der Waals surface area contributed by atoms with Crippen LogP contribution in [0.4, 0.5) is 0 Å². The van der Waals surface area contributed by atoms with Gasteiger partial charge < -0.3 is 9.97 Å². The van der Waals surface area contributed by atoms with Crippen LogP contribution in [0.25, 0.3) is 11.0 Å². The molecular weight excluding hydrogens is 408 g/mol. The van der Waals surface area contributed by atoms with E-state index in [1.54, 1.807) is 12.1 Å². The maximum atomic E-state index is 12.5. The summed E-state index contributed by atoms with van der Waals surface area (Å²) >= 11 is 8.21. The molecule has 0 saturated heterocycles. The fourth-order valence-corrected chi connectivity index (χ4v) is 3.95. The second kappa shape index (κ2) is 4.98. The summed E-state index contributed by atoms with van der Waals surface area (Å²) in [7, 11) is 0. The number of carbonyl (C=O) groups is 1. The van der Waals surface area contributed by atoms with Crippen LogP contribution < -0.4 is 5.69 Å². The van der Waals surface area contributed by atoms with Crippen molar-refractivity contribution in [3.63, 3.8) is 0 Å². The average Bonchev–Trinajstić information content (AvgIpc) is 2.90. The van der Waals surface area contributed by atoms with Gasteiger partial charge in [0.2, 0.25) is 5.78 Å². The van der Waals surface area contributed by atoms with Crippen LogP contribution >= 0.6 is 43.2 Å². The number of H-pyrrole nitrogens is 2. The van der Waals surface area contributed by atoms with Crippen molar-refractivity contribution >= 4 is 60.0 Å². The molecule has 2 N–H and O–H groups in total. The van der Waals surface area contributed by atoms with E-state index in [2.05, 4.69) is 41.8 Å². The molecule has 0 aliphatic rings. The van der Waals surface area contributed by atoms with E-state index in [0.717, 1.165) is 9.35 Å². The third-order valence-electron chi connectivity index (χ3n) is 2.93. The predicted molar refractivity (Wildman–Crippen MR) is 86.8 cm³/mol. The van der Waals surface area contributed by atoms with Crippen LogP contribution in [0.2, 0.25) is 0 Å². The van der Waals surface area contributed by atoms with Gasteiger partial charge in [0.25, 0.3) is 0 Å². The third kappa shape index (κ3) is 2.30. The van der Waals surface area contributed by atoms with Gasteiger partial charge in [-0.3, -0.25) is 4.79 Å². The van der Waals surface area contributed by atoms with Crippen LogP contribution in [-0.4, -0.2) is 15.8 Å². The Morgan fingerprint density at radius 2 is 1.80 bits per heavy atom. The quantitative estimate of drug-likeness (QED) is 0.621. The molecule has 0 fully saturated rings. The number of aromatic amines is 2. The van der Waals surface area contributed by atoms with Crippen LogP contribution in [-0.2, 0) is 0 Å². The Bertz CT molecular complexity index is 872. The van der Waals surface area contributed by atoms with Crippen LogP contribution in [0, 0.1) is 6.92 Å². The summed E-state index contributed by atoms with van der Waals surface area (Å²) in [6, 6.07) is 5.27. The summed E-state index contributed by atoms with van der Waals surface area (Å²) < 4.78 is 1.61. The molecule has 0 amide bonds. The molecule has 1 aromatic carbocycles. The number of rotatable bonds is 2. The van der Waals surface area contributed by atoms with E-state index in [-0.39, 0.29) is 11.5 Å². The number of benzene rings is 1. The van der Waals surface area contributed by atoms with Gasteiger partial charge in [-0.2, -0.15) is 0 Å². The van der Waals surface area contributed by atoms with Crippen LogP contribution in [0.1, 0.15) is 20.8 Å². The molecule has 4 nitrogen and oxygen atoms in total. The molecule has 0 atom stereocenters. The zero-order valence-corrected chi connectivity index (χ0v) is 14.2. The Balaban J connectivity index is 2.15. The summed E-state index contributed by atoms with van der Waals surface area (Å²) in [5.74, 6) is -0.0698. The molecule has 2 aromatic heterocycles. The molecule has 2 heterocycles. The van der Waals surface area contributed by atoms with Crippen molar-refractivity contribution in [2.45, 2.75) is 6.92 Å². The van der Waals surface area contributed by atoms with Crippen LogP contribution in [0.15, 0.2) is 31.3 Å². The first-order chi connectivity index (χ1) is 9.45. The molecule has 102 valence electrons. The summed E-state index contributed by atoms with van der Waals surface area (Å²) in [4.78, 5) is 29.8. The van der Waals surface area contributed by atoms with E-state index >= 15 is 0 Å². The van der Waals surface area contributed by atoms with Crippen LogP contribution in [0.5, 0.6) is 0 Å². The van der Waals surface area contributed by atoms with Gasteiger partial charge in [-0.15, -0.1) is 11.3 Å². The maximum Gasteiger partial charge on any atom is 0.323 e. The molecule has 3 rings (SSSR count). The molecule has 0 radical (unpaired) electrons. The fourth-order valence-electron chi connectivity index (χ4n) is 1.93. The zero-order valence-electron chi connectivity index (χ0n) is 10.2. The van der Waals surface area contributed by atoms with Gasteiger partial charge in [-0.25, -0.2) is 4.79 Å². The molecule has 0 spiro atoms. The Labute approximate surface area is 134 Å². The lowest BCUT2D eigenvalue weighted by Gasteiger charge is -2.02. The van der Waals surface area contributed by atoms with Crippen molar-refractivity contribution < 1.29 is 4.79 Å². The molecule has 0 unspecified atom stereocenters. The van der Waals surface area contributed by atoms with Crippen molar-refractivity contribution in [2.24, 2.45) is 0 Å². The molecule has 0 aliphatic heterocycles. The van der Waals surface area contributed by atoms with Crippen molar-refractivity contribution in [3.8, 4) is 0 Å². The number of hydrogen-bond acceptors (Lipinski definition) is 3. The lowest BCUT2D eigenvalue weighted by molar-refractivity contribution is 0.104. The van der Waals surface area contributed by atoms with Gasteiger partial charge in [0.05, 0.1) is 19.7 Å². The third-order valence-corrected chi connectivity index (χ3v) is 5.72. The molecule has 0 bridgehead atoms. The lowest BCUT2D eigenvalue weighted by Crippen LogP contribution is -2.00. The topological polar surface area (TPSA) is 65.7 Å². The Morgan fingerprint density at radius 1 is 1.15 bits per heavy atom. The van der Waals surface area contributed by atoms with E-state index in [1.807, 2.05) is 13.0 Å². The summed E-state index contributed by atoms with van der Waals surface area (Å²) in [5, 5.41) is 0. The highest BCUT2D eigenvalue weighted by Crippen LogP contribution is 2.31. The number of ketones is 1. The van der Waals surface area contributed by atoms with Crippen molar-refractivity contribution in [2.75, 3.05) is 0 Å². The van der Waals surface area contributed by atoms with Gasteiger partial charge in [-0.1, -0.05) is 0 Å². The van der Waals surface area contributed by atoms with Gasteiger partial charge in [-0.05, 0) is 62.5 Å². The normalized spacial score (nSPS) is 11.2. The Kier molecular flexibility index (Phi) is 3.43. The SMILES string of the molecule is Cc1cc(C(=O)c2cc3[nH]c(=O)[nH]c3cc2Br)sc1Br. The number of aryl methyl sites for hydroxylation is 1. The molecule has 0 saturated carbocycles. The number of carbonyl (C=O) groups excluding carboxylic acids is 1. The first-order valence-electron chi connectivity index (χ1n) is 5.68. The minimum Gasteiger partial charge on any atom is -0.306 e. The highest BCUT2D eigenvalue weighted by molar-refractivity contribution is 9.11. The van der Waals surface area contributed by atoms with E-state index in [4.69, 9.17) is 0 Å². The highest BCUT2D eigenvalue weighted by Gasteiger charge is 2.17. The first-order valence-corrected chi connectivity index (χ1v) is 8.08. The Morgan fingerprint density at radius 3 is 2.40 bits per heavy atom. The molecular formula is C13H8Br2N2O2S. The number of aromatic nitrogens is 2. The number of nitrogens with one attached hydrogen (secondary N) is 2. The second-order valence-corrected chi connectivity index (χ2v) is 7.58. The van der Waals surface area contributed by atoms with E-state index in [9.17, 15) is 9.59 Å². The van der Waals surface area contributed by atoms with Gasteiger partial charge in [0.15, 0.2) is 0 Å². The standard InChI is InChI=1S/C13H8Br2N2O2S/c1-5-2-10(20-12(5)15)11(18)6-3-8-9(4-7(6)14)17-13(19)16-8/h2-4H,1H3,(H2,16,17,19). The summed E-state index contributed by atoms with van der Waals surface area (Å²) in [5.41, 5.74) is 2.56. The number of thiophene rings is 1. The van der Waals surface area contributed by atoms with Crippen LogP contribution in [0.3, 0.4) is 0 Å². The number of fused-ring (bicyclic) bond motifs is 1. The highest BCUT2D eigenvalue weighted by atomic mass is 79.9. The second-order valence-electron chi connectivity index (χ2n) is 4.35. The van der Waals surface area contributed by atoms with Gasteiger partial charge in [0.1, 0.15) is 0 Å². The number of imidazole rings is 1. The smallest absolute Gasteiger partial charge is 0.306 e. The monoisotopic (exact) mass is 414 g/mol.